The Morgan fingerprint density at radius 3 is 2.60 bits per heavy atom. The van der Waals surface area contributed by atoms with Gasteiger partial charge in [-0.2, -0.15) is 0 Å². The first-order chi connectivity index (χ1) is 14.7. The molecule has 156 valence electrons. The summed E-state index contributed by atoms with van der Waals surface area (Å²) in [6.45, 7) is 3.73. The Hall–Kier alpha value is -2.99. The SMILES string of the molecule is O=C(CC1=NC=C(c2ccc(N3CCOCC3)cc2)CC1)NCc1cccc(F)c1. The lowest BCUT2D eigenvalue weighted by Crippen LogP contribution is -2.36. The quantitative estimate of drug-likeness (QED) is 0.789. The second-order valence-electron chi connectivity index (χ2n) is 7.58. The number of carbonyl (C=O) groups excluding carboxylic acids is 1. The summed E-state index contributed by atoms with van der Waals surface area (Å²) in [5.41, 5.74) is 5.20. The number of ether oxygens (including phenoxy) is 1. The molecular weight excluding hydrogens is 381 g/mol. The maximum Gasteiger partial charge on any atom is 0.225 e. The van der Waals surface area contributed by atoms with Crippen molar-refractivity contribution in [3.05, 3.63) is 71.7 Å². The first-order valence-corrected chi connectivity index (χ1v) is 10.4. The number of hydrogen-bond acceptors (Lipinski definition) is 4. The van der Waals surface area contributed by atoms with Crippen LogP contribution in [-0.4, -0.2) is 37.9 Å². The first-order valence-electron chi connectivity index (χ1n) is 10.4. The molecule has 5 nitrogen and oxygen atoms in total. The summed E-state index contributed by atoms with van der Waals surface area (Å²) in [5, 5.41) is 2.83. The molecule has 1 amide bonds. The molecule has 1 fully saturated rings. The van der Waals surface area contributed by atoms with E-state index in [1.54, 1.807) is 12.1 Å². The summed E-state index contributed by atoms with van der Waals surface area (Å²) in [6, 6.07) is 14.8. The van der Waals surface area contributed by atoms with Crippen molar-refractivity contribution < 1.29 is 13.9 Å². The molecule has 2 heterocycles. The van der Waals surface area contributed by atoms with Crippen LogP contribution in [-0.2, 0) is 16.1 Å². The lowest BCUT2D eigenvalue weighted by molar-refractivity contribution is -0.120. The van der Waals surface area contributed by atoms with Gasteiger partial charge in [0.15, 0.2) is 0 Å². The van der Waals surface area contributed by atoms with E-state index in [0.717, 1.165) is 50.4 Å². The van der Waals surface area contributed by atoms with Gasteiger partial charge < -0.3 is 15.0 Å². The van der Waals surface area contributed by atoms with Gasteiger partial charge in [0.2, 0.25) is 5.91 Å². The highest BCUT2D eigenvalue weighted by Gasteiger charge is 2.15. The maximum atomic E-state index is 13.2. The second-order valence-corrected chi connectivity index (χ2v) is 7.58. The zero-order valence-corrected chi connectivity index (χ0v) is 16.9. The van der Waals surface area contributed by atoms with E-state index in [4.69, 9.17) is 4.74 Å². The summed E-state index contributed by atoms with van der Waals surface area (Å²) in [5.74, 6) is -0.390. The van der Waals surface area contributed by atoms with Gasteiger partial charge in [-0.25, -0.2) is 4.39 Å². The molecule has 2 aromatic carbocycles. The second kappa shape index (κ2) is 9.67. The summed E-state index contributed by atoms with van der Waals surface area (Å²) >= 11 is 0. The standard InChI is InChI=1S/C24H26FN3O2/c25-21-3-1-2-18(14-21)16-27-24(29)15-22-7-4-20(17-26-22)19-5-8-23(9-6-19)28-10-12-30-13-11-28/h1-3,5-6,8-9,14,17H,4,7,10-13,15-16H2,(H,27,29). The number of amides is 1. The monoisotopic (exact) mass is 407 g/mol. The van der Waals surface area contributed by atoms with Crippen LogP contribution >= 0.6 is 0 Å². The predicted molar refractivity (Wildman–Crippen MR) is 117 cm³/mol. The minimum atomic E-state index is -0.297. The van der Waals surface area contributed by atoms with E-state index in [1.165, 1.54) is 29.0 Å². The van der Waals surface area contributed by atoms with E-state index >= 15 is 0 Å². The number of aliphatic imine (C=N–C) groups is 1. The fourth-order valence-corrected chi connectivity index (χ4v) is 3.73. The van der Waals surface area contributed by atoms with Gasteiger partial charge in [-0.05, 0) is 53.8 Å². The number of anilines is 1. The number of nitrogens with zero attached hydrogens (tertiary/aromatic N) is 2. The molecule has 2 aromatic rings. The Kier molecular flexibility index (Phi) is 6.54. The van der Waals surface area contributed by atoms with E-state index in [9.17, 15) is 9.18 Å². The number of halogens is 1. The van der Waals surface area contributed by atoms with E-state index in [-0.39, 0.29) is 18.1 Å². The van der Waals surface area contributed by atoms with Crippen LogP contribution in [0.5, 0.6) is 0 Å². The van der Waals surface area contributed by atoms with Gasteiger partial charge >= 0.3 is 0 Å². The van der Waals surface area contributed by atoms with Crippen molar-refractivity contribution in [1.29, 1.82) is 0 Å². The van der Waals surface area contributed by atoms with E-state index in [1.807, 2.05) is 6.20 Å². The topological polar surface area (TPSA) is 53.9 Å². The third kappa shape index (κ3) is 5.33. The molecule has 0 aliphatic carbocycles. The van der Waals surface area contributed by atoms with Crippen molar-refractivity contribution >= 4 is 22.9 Å². The summed E-state index contributed by atoms with van der Waals surface area (Å²) in [6.07, 6.45) is 3.79. The molecule has 0 radical (unpaired) electrons. The molecular formula is C24H26FN3O2. The van der Waals surface area contributed by atoms with Crippen molar-refractivity contribution in [1.82, 2.24) is 5.32 Å². The van der Waals surface area contributed by atoms with Crippen LogP contribution in [0.3, 0.4) is 0 Å². The molecule has 2 aliphatic rings. The zero-order chi connectivity index (χ0) is 20.8. The largest absolute Gasteiger partial charge is 0.378 e. The summed E-state index contributed by atoms with van der Waals surface area (Å²) in [7, 11) is 0. The zero-order valence-electron chi connectivity index (χ0n) is 16.9. The molecule has 4 rings (SSSR count). The lowest BCUT2D eigenvalue weighted by atomic mass is 9.97. The lowest BCUT2D eigenvalue weighted by Gasteiger charge is -2.29. The molecule has 30 heavy (non-hydrogen) atoms. The van der Waals surface area contributed by atoms with Gasteiger partial charge in [-0.3, -0.25) is 9.79 Å². The molecule has 0 bridgehead atoms. The molecule has 0 spiro atoms. The number of allylic oxidation sites excluding steroid dienone is 1. The first kappa shape index (κ1) is 20.3. The highest BCUT2D eigenvalue weighted by atomic mass is 19.1. The number of nitrogens with one attached hydrogen (secondary N) is 1. The number of benzene rings is 2. The Morgan fingerprint density at radius 1 is 1.10 bits per heavy atom. The smallest absolute Gasteiger partial charge is 0.225 e. The molecule has 0 saturated carbocycles. The molecule has 0 aromatic heterocycles. The highest BCUT2D eigenvalue weighted by molar-refractivity contribution is 6.02. The van der Waals surface area contributed by atoms with Gasteiger partial charge in [-0.1, -0.05) is 24.3 Å². The van der Waals surface area contributed by atoms with Crippen LogP contribution in [0.4, 0.5) is 10.1 Å². The summed E-state index contributed by atoms with van der Waals surface area (Å²) in [4.78, 5) is 19.0. The Bertz CT molecular complexity index is 947. The number of hydrogen-bond donors (Lipinski definition) is 1. The molecule has 0 atom stereocenters. The van der Waals surface area contributed by atoms with Crippen LogP contribution in [0.25, 0.3) is 5.57 Å². The van der Waals surface area contributed by atoms with Gasteiger partial charge in [0.05, 0.1) is 19.6 Å². The van der Waals surface area contributed by atoms with E-state index < -0.39 is 0 Å². The fourth-order valence-electron chi connectivity index (χ4n) is 3.73. The highest BCUT2D eigenvalue weighted by Crippen LogP contribution is 2.26. The van der Waals surface area contributed by atoms with Crippen molar-refractivity contribution in [3.8, 4) is 0 Å². The van der Waals surface area contributed by atoms with Crippen molar-refractivity contribution in [3.63, 3.8) is 0 Å². The van der Waals surface area contributed by atoms with Crippen molar-refractivity contribution in [2.24, 2.45) is 4.99 Å². The van der Waals surface area contributed by atoms with E-state index in [2.05, 4.69) is 39.5 Å². The van der Waals surface area contributed by atoms with Gasteiger partial charge in [0.25, 0.3) is 0 Å². The number of rotatable bonds is 6. The van der Waals surface area contributed by atoms with Crippen LogP contribution < -0.4 is 10.2 Å². The molecule has 1 N–H and O–H groups in total. The van der Waals surface area contributed by atoms with Gasteiger partial charge in [0.1, 0.15) is 5.82 Å². The Balaban J connectivity index is 1.31. The average Bonchev–Trinajstić information content (AvgIpc) is 2.79. The van der Waals surface area contributed by atoms with Crippen molar-refractivity contribution in [2.75, 3.05) is 31.2 Å². The maximum absolute atomic E-state index is 13.2. The minimum absolute atomic E-state index is 0.0928. The number of carbonyl (C=O) groups is 1. The number of morpholine rings is 1. The third-order valence-electron chi connectivity index (χ3n) is 5.44. The average molecular weight is 407 g/mol. The molecule has 6 heteroatoms. The van der Waals surface area contributed by atoms with Crippen LogP contribution in [0, 0.1) is 5.82 Å². The molecule has 2 aliphatic heterocycles. The fraction of sp³-hybridized carbons (Fsp3) is 0.333. The minimum Gasteiger partial charge on any atom is -0.378 e. The van der Waals surface area contributed by atoms with Gasteiger partial charge in [0, 0.05) is 37.2 Å². The van der Waals surface area contributed by atoms with Crippen LogP contribution in [0.15, 0.2) is 59.7 Å². The summed E-state index contributed by atoms with van der Waals surface area (Å²) < 4.78 is 18.6. The van der Waals surface area contributed by atoms with Gasteiger partial charge in [-0.15, -0.1) is 0 Å². The van der Waals surface area contributed by atoms with Crippen molar-refractivity contribution in [2.45, 2.75) is 25.8 Å². The molecule has 0 unspecified atom stereocenters. The third-order valence-corrected chi connectivity index (χ3v) is 5.44. The normalized spacial score (nSPS) is 16.6. The van der Waals surface area contributed by atoms with E-state index in [0.29, 0.717) is 6.54 Å². The Labute approximate surface area is 176 Å². The van der Waals surface area contributed by atoms with Crippen LogP contribution in [0.1, 0.15) is 30.4 Å². The van der Waals surface area contributed by atoms with Crippen LogP contribution in [0.2, 0.25) is 0 Å². The molecule has 1 saturated heterocycles. The Morgan fingerprint density at radius 2 is 1.90 bits per heavy atom. The predicted octanol–water partition coefficient (Wildman–Crippen LogP) is 3.94.